The van der Waals surface area contributed by atoms with E-state index in [2.05, 4.69) is 0 Å². The van der Waals surface area contributed by atoms with E-state index in [1.807, 2.05) is 19.0 Å². The fourth-order valence-corrected chi connectivity index (χ4v) is 0.453. The van der Waals surface area contributed by atoms with Crippen LogP contribution in [0.15, 0.2) is 0 Å². The Balaban J connectivity index is 3.72. The zero-order valence-electron chi connectivity index (χ0n) is 6.51. The molecule has 0 spiro atoms. The van der Waals surface area contributed by atoms with Gasteiger partial charge in [-0.2, -0.15) is 0 Å². The second-order valence-corrected chi connectivity index (χ2v) is 2.02. The van der Waals surface area contributed by atoms with E-state index in [1.54, 1.807) is 19.0 Å². The van der Waals surface area contributed by atoms with Gasteiger partial charge in [-0.05, 0) is 0 Å². The topological polar surface area (TPSA) is 23.6 Å². The summed E-state index contributed by atoms with van der Waals surface area (Å²) in [5.41, 5.74) is 0. The highest BCUT2D eigenvalue weighted by Gasteiger charge is 2.04. The zero-order valence-corrected chi connectivity index (χ0v) is 6.51. The Kier molecular flexibility index (Phi) is 3.24. The van der Waals surface area contributed by atoms with Crippen LogP contribution in [0.25, 0.3) is 0 Å². The summed E-state index contributed by atoms with van der Waals surface area (Å²) < 4.78 is 0. The Morgan fingerprint density at radius 1 is 1.44 bits per heavy atom. The largest absolute Gasteiger partial charge is 0.279 e. The van der Waals surface area contributed by atoms with Crippen molar-refractivity contribution in [2.24, 2.45) is 0 Å². The van der Waals surface area contributed by atoms with Gasteiger partial charge in [0.25, 0.3) is 0 Å². The molecule has 1 amide bonds. The number of carbonyl (C=O) groups excluding carboxylic acids is 1. The van der Waals surface area contributed by atoms with Gasteiger partial charge in [-0.3, -0.25) is 9.80 Å². The molecule has 0 aliphatic rings. The van der Waals surface area contributed by atoms with Crippen molar-refractivity contribution < 1.29 is 4.79 Å². The van der Waals surface area contributed by atoms with E-state index in [4.69, 9.17) is 0 Å². The Hall–Kier alpha value is -0.570. The van der Waals surface area contributed by atoms with Crippen molar-refractivity contribution in [3.63, 3.8) is 0 Å². The molecule has 0 aliphatic heterocycles. The first-order chi connectivity index (χ1) is 4.09. The van der Waals surface area contributed by atoms with Gasteiger partial charge in [0, 0.05) is 27.6 Å². The summed E-state index contributed by atoms with van der Waals surface area (Å²) in [6.07, 6.45) is 0. The van der Waals surface area contributed by atoms with Gasteiger partial charge >= 0.3 is 0 Å². The van der Waals surface area contributed by atoms with Crippen LogP contribution in [0.5, 0.6) is 0 Å². The van der Waals surface area contributed by atoms with Crippen molar-refractivity contribution in [2.45, 2.75) is 13.8 Å². The van der Waals surface area contributed by atoms with Gasteiger partial charge in [0.15, 0.2) is 0 Å². The quantitative estimate of drug-likeness (QED) is 0.503. The third-order valence-electron chi connectivity index (χ3n) is 1.43. The maximum absolute atomic E-state index is 10.6. The maximum atomic E-state index is 10.6. The molecule has 0 aliphatic carbocycles. The summed E-state index contributed by atoms with van der Waals surface area (Å²) in [4.78, 5) is 10.6. The minimum atomic E-state index is 0.0688. The van der Waals surface area contributed by atoms with Crippen molar-refractivity contribution in [3.8, 4) is 0 Å². The molecule has 0 fully saturated rings. The molecule has 3 heteroatoms. The lowest BCUT2D eigenvalue weighted by Gasteiger charge is -2.25. The molecule has 0 heterocycles. The van der Waals surface area contributed by atoms with E-state index in [0.717, 1.165) is 6.54 Å². The van der Waals surface area contributed by atoms with Crippen LogP contribution in [-0.2, 0) is 4.79 Å². The predicted octanol–water partition coefficient (Wildman–Crippen LogP) is 0.331. The number of amides is 1. The van der Waals surface area contributed by atoms with Gasteiger partial charge in [0.2, 0.25) is 5.91 Å². The predicted molar refractivity (Wildman–Crippen MR) is 36.7 cm³/mol. The van der Waals surface area contributed by atoms with Crippen LogP contribution in [0.1, 0.15) is 13.8 Å². The summed E-state index contributed by atoms with van der Waals surface area (Å²) in [7, 11) is 3.63. The van der Waals surface area contributed by atoms with Crippen LogP contribution < -0.4 is 0 Å². The van der Waals surface area contributed by atoms with Gasteiger partial charge in [0.1, 0.15) is 0 Å². The summed E-state index contributed by atoms with van der Waals surface area (Å²) in [6, 6.07) is 0. The third-order valence-corrected chi connectivity index (χ3v) is 1.43. The van der Waals surface area contributed by atoms with Crippen molar-refractivity contribution in [1.29, 1.82) is 0 Å². The fraction of sp³-hybridized carbons (Fsp3) is 0.833. The third kappa shape index (κ3) is 2.46. The normalized spacial score (nSPS) is 9.89. The van der Waals surface area contributed by atoms with Gasteiger partial charge in [-0.15, -0.1) is 0 Å². The molecule has 54 valence electrons. The van der Waals surface area contributed by atoms with Crippen LogP contribution >= 0.6 is 0 Å². The average Bonchev–Trinajstić information content (AvgIpc) is 1.84. The first kappa shape index (κ1) is 8.43. The minimum Gasteiger partial charge on any atom is -0.279 e. The summed E-state index contributed by atoms with van der Waals surface area (Å²) >= 11 is 0. The Bertz CT molecular complexity index is 103. The second-order valence-electron chi connectivity index (χ2n) is 2.02. The van der Waals surface area contributed by atoms with E-state index >= 15 is 0 Å². The lowest BCUT2D eigenvalue weighted by molar-refractivity contribution is -0.140. The molecule has 0 bridgehead atoms. The van der Waals surface area contributed by atoms with Crippen LogP contribution in [0, 0.1) is 0 Å². The van der Waals surface area contributed by atoms with Crippen LogP contribution in [-0.4, -0.2) is 36.6 Å². The molecule has 0 N–H and O–H groups in total. The number of rotatable bonds is 2. The molecule has 0 saturated heterocycles. The Labute approximate surface area is 56.2 Å². The lowest BCUT2D eigenvalue weighted by Crippen LogP contribution is -2.39. The molecule has 0 aromatic rings. The molecule has 0 radical (unpaired) electrons. The molecule has 0 aromatic carbocycles. The molecule has 0 unspecified atom stereocenters. The van der Waals surface area contributed by atoms with Crippen molar-refractivity contribution in [2.75, 3.05) is 20.6 Å². The highest BCUT2D eigenvalue weighted by Crippen LogP contribution is 1.88. The highest BCUT2D eigenvalue weighted by atomic mass is 16.2. The van der Waals surface area contributed by atoms with E-state index < -0.39 is 0 Å². The fourth-order valence-electron chi connectivity index (χ4n) is 0.453. The summed E-state index contributed by atoms with van der Waals surface area (Å²) in [5, 5.41) is 3.43. The zero-order chi connectivity index (χ0) is 7.44. The average molecular weight is 130 g/mol. The highest BCUT2D eigenvalue weighted by molar-refractivity contribution is 5.72. The molecule has 0 atom stereocenters. The SMILES string of the molecule is CCN(C)N(C)C(C)=O. The van der Waals surface area contributed by atoms with E-state index in [9.17, 15) is 4.79 Å². The first-order valence-electron chi connectivity index (χ1n) is 3.05. The number of hydrogen-bond donors (Lipinski definition) is 0. The monoisotopic (exact) mass is 130 g/mol. The number of carbonyl (C=O) groups is 1. The molecular formula is C6H14N2O. The van der Waals surface area contributed by atoms with Gasteiger partial charge < -0.3 is 0 Å². The molecule has 9 heavy (non-hydrogen) atoms. The van der Waals surface area contributed by atoms with E-state index in [0.29, 0.717) is 0 Å². The van der Waals surface area contributed by atoms with Crippen LogP contribution in [0.4, 0.5) is 0 Å². The molecule has 0 saturated carbocycles. The van der Waals surface area contributed by atoms with E-state index in [-0.39, 0.29) is 5.91 Å². The summed E-state index contributed by atoms with van der Waals surface area (Å²) in [6.45, 7) is 4.40. The first-order valence-corrected chi connectivity index (χ1v) is 3.05. The van der Waals surface area contributed by atoms with E-state index in [1.165, 1.54) is 0 Å². The second kappa shape index (κ2) is 3.45. The maximum Gasteiger partial charge on any atom is 0.233 e. The van der Waals surface area contributed by atoms with Crippen molar-refractivity contribution in [3.05, 3.63) is 0 Å². The van der Waals surface area contributed by atoms with Gasteiger partial charge in [-0.1, -0.05) is 6.92 Å². The Morgan fingerprint density at radius 3 is 2.00 bits per heavy atom. The minimum absolute atomic E-state index is 0.0688. The molecule has 3 nitrogen and oxygen atoms in total. The lowest BCUT2D eigenvalue weighted by atomic mass is 10.6. The number of hydrogen-bond acceptors (Lipinski definition) is 2. The van der Waals surface area contributed by atoms with Crippen LogP contribution in [0.3, 0.4) is 0 Å². The van der Waals surface area contributed by atoms with Crippen molar-refractivity contribution in [1.82, 2.24) is 10.0 Å². The molecule has 0 rings (SSSR count). The van der Waals surface area contributed by atoms with Crippen molar-refractivity contribution >= 4 is 5.91 Å². The molecular weight excluding hydrogens is 116 g/mol. The molecule has 0 aromatic heterocycles. The number of nitrogens with zero attached hydrogens (tertiary/aromatic N) is 2. The Morgan fingerprint density at radius 2 is 1.89 bits per heavy atom. The summed E-state index contributed by atoms with van der Waals surface area (Å²) in [5.74, 6) is 0.0688. The number of hydrazine groups is 1. The standard InChI is InChI=1S/C6H14N2O/c1-5-7(3)8(4)6(2)9/h5H2,1-4H3. The van der Waals surface area contributed by atoms with Gasteiger partial charge in [0.05, 0.1) is 0 Å². The van der Waals surface area contributed by atoms with Gasteiger partial charge in [-0.25, -0.2) is 5.01 Å². The smallest absolute Gasteiger partial charge is 0.233 e. The van der Waals surface area contributed by atoms with Crippen LogP contribution in [0.2, 0.25) is 0 Å².